The van der Waals surface area contributed by atoms with Gasteiger partial charge in [-0.25, -0.2) is 9.79 Å². The van der Waals surface area contributed by atoms with Gasteiger partial charge in [-0.3, -0.25) is 0 Å². The highest BCUT2D eigenvalue weighted by atomic mass is 16.5. The van der Waals surface area contributed by atoms with Gasteiger partial charge < -0.3 is 9.47 Å². The Bertz CT molecular complexity index is 1440. The molecule has 0 radical (unpaired) electrons. The zero-order valence-corrected chi connectivity index (χ0v) is 14.9. The van der Waals surface area contributed by atoms with E-state index in [1.165, 1.54) is 0 Å². The molecule has 0 bridgehead atoms. The van der Waals surface area contributed by atoms with Crippen molar-refractivity contribution in [3.8, 4) is 0 Å². The maximum absolute atomic E-state index is 11.1. The van der Waals surface area contributed by atoms with Gasteiger partial charge in [0.15, 0.2) is 5.76 Å². The number of nitrogens with zero attached hydrogens (tertiary/aromatic N) is 1. The summed E-state index contributed by atoms with van der Waals surface area (Å²) in [5.41, 5.74) is 0.930. The Morgan fingerprint density at radius 2 is 1.44 bits per heavy atom. The average Bonchev–Trinajstić information content (AvgIpc) is 3.10. The van der Waals surface area contributed by atoms with Crippen LogP contribution in [0.25, 0.3) is 38.1 Å². The van der Waals surface area contributed by atoms with Crippen LogP contribution in [0.3, 0.4) is 0 Å². The Labute approximate surface area is 154 Å². The van der Waals surface area contributed by atoms with E-state index >= 15 is 0 Å². The molecule has 5 rings (SSSR count). The van der Waals surface area contributed by atoms with E-state index in [-0.39, 0.29) is 0 Å². The first-order chi connectivity index (χ1) is 13.2. The summed E-state index contributed by atoms with van der Waals surface area (Å²) in [4.78, 5) is 15.7. The van der Waals surface area contributed by atoms with Crippen LogP contribution >= 0.6 is 0 Å². The summed E-state index contributed by atoms with van der Waals surface area (Å²) < 4.78 is 10.9. The second-order valence-electron chi connectivity index (χ2n) is 6.48. The maximum atomic E-state index is 11.1. The van der Waals surface area contributed by atoms with Gasteiger partial charge in [0.1, 0.15) is 5.94 Å². The zero-order valence-electron chi connectivity index (χ0n) is 14.9. The van der Waals surface area contributed by atoms with Gasteiger partial charge in [0, 0.05) is 10.9 Å². The van der Waals surface area contributed by atoms with Crippen LogP contribution in [0.5, 0.6) is 0 Å². The first-order valence-electron chi connectivity index (χ1n) is 8.60. The van der Waals surface area contributed by atoms with Crippen LogP contribution in [0.4, 0.5) is 0 Å². The Kier molecular flexibility index (Phi) is 3.30. The summed E-state index contributed by atoms with van der Waals surface area (Å²) in [6, 6.07) is 18.1. The van der Waals surface area contributed by atoms with Crippen molar-refractivity contribution in [1.82, 2.24) is 0 Å². The van der Waals surface area contributed by atoms with E-state index in [1.807, 2.05) is 24.1 Å². The first kappa shape index (κ1) is 15.6. The molecule has 4 nitrogen and oxygen atoms in total. The number of benzene rings is 4. The Hall–Kier alpha value is -3.62. The molecule has 0 aliphatic carbocycles. The molecule has 4 aromatic rings. The topological polar surface area (TPSA) is 47.9 Å². The Balaban J connectivity index is 1.91. The SMILES string of the molecule is COC1=C(OC)c2ccc3c(ccc4c5cc(=C=O)ccc5ccc34)c2=N1. The molecular weight excluding hydrogens is 338 g/mol. The van der Waals surface area contributed by atoms with Crippen LogP contribution in [0.2, 0.25) is 0 Å². The molecule has 1 heterocycles. The third kappa shape index (κ3) is 2.11. The maximum Gasteiger partial charge on any atom is 0.258 e. The third-order valence-corrected chi connectivity index (χ3v) is 5.15. The molecule has 4 heteroatoms. The van der Waals surface area contributed by atoms with E-state index in [0.717, 1.165) is 43.2 Å². The minimum absolute atomic E-state index is 0.491. The summed E-state index contributed by atoms with van der Waals surface area (Å²) in [6.07, 6.45) is 0. The molecule has 0 aromatic heterocycles. The monoisotopic (exact) mass is 353 g/mol. The number of hydrogen-bond acceptors (Lipinski definition) is 4. The van der Waals surface area contributed by atoms with Gasteiger partial charge in [-0.1, -0.05) is 36.4 Å². The number of methoxy groups -OCH3 is 2. The van der Waals surface area contributed by atoms with Crippen molar-refractivity contribution < 1.29 is 14.3 Å². The van der Waals surface area contributed by atoms with Gasteiger partial charge in [0.25, 0.3) is 5.88 Å². The van der Waals surface area contributed by atoms with Gasteiger partial charge in [-0.2, -0.15) is 0 Å². The minimum atomic E-state index is 0.491. The number of fused-ring (bicyclic) bond motifs is 7. The van der Waals surface area contributed by atoms with Crippen LogP contribution in [0.15, 0.2) is 65.5 Å². The van der Waals surface area contributed by atoms with Gasteiger partial charge in [0.2, 0.25) is 0 Å². The number of ether oxygens (including phenoxy) is 2. The fourth-order valence-corrected chi connectivity index (χ4v) is 3.91. The van der Waals surface area contributed by atoms with Crippen molar-refractivity contribution in [1.29, 1.82) is 0 Å². The van der Waals surface area contributed by atoms with Gasteiger partial charge in [-0.15, -0.1) is 0 Å². The van der Waals surface area contributed by atoms with Crippen molar-refractivity contribution in [2.75, 3.05) is 14.2 Å². The lowest BCUT2D eigenvalue weighted by Crippen LogP contribution is -2.07. The molecule has 0 fully saturated rings. The Morgan fingerprint density at radius 1 is 0.778 bits per heavy atom. The lowest BCUT2D eigenvalue weighted by Gasteiger charge is -2.09. The molecule has 1 aliphatic rings. The lowest BCUT2D eigenvalue weighted by molar-refractivity contribution is 0.265. The molecule has 0 saturated carbocycles. The highest BCUT2D eigenvalue weighted by Gasteiger charge is 2.21. The second kappa shape index (κ2) is 5.70. The van der Waals surface area contributed by atoms with Gasteiger partial charge >= 0.3 is 0 Å². The van der Waals surface area contributed by atoms with E-state index < -0.39 is 0 Å². The molecule has 130 valence electrons. The molecule has 4 aromatic carbocycles. The van der Waals surface area contributed by atoms with Crippen LogP contribution in [-0.2, 0) is 14.3 Å². The van der Waals surface area contributed by atoms with Crippen molar-refractivity contribution >= 4 is 44.0 Å². The zero-order chi connectivity index (χ0) is 18.5. The lowest BCUT2D eigenvalue weighted by atomic mass is 9.95. The smallest absolute Gasteiger partial charge is 0.258 e. The molecular formula is C23H15NO3. The summed E-state index contributed by atoms with van der Waals surface area (Å²) >= 11 is 0. The second-order valence-corrected chi connectivity index (χ2v) is 6.48. The van der Waals surface area contributed by atoms with E-state index in [2.05, 4.69) is 35.3 Å². The fourth-order valence-electron chi connectivity index (χ4n) is 3.91. The molecule has 27 heavy (non-hydrogen) atoms. The molecule has 1 aliphatic heterocycles. The van der Waals surface area contributed by atoms with E-state index in [0.29, 0.717) is 16.9 Å². The highest BCUT2D eigenvalue weighted by Crippen LogP contribution is 2.32. The van der Waals surface area contributed by atoms with Crippen molar-refractivity contribution in [3.05, 3.63) is 76.6 Å². The number of carbonyl (C=O) groups excluding carboxylic acids is 1. The first-order valence-corrected chi connectivity index (χ1v) is 8.60. The molecule has 0 unspecified atom stereocenters. The van der Waals surface area contributed by atoms with E-state index in [9.17, 15) is 4.79 Å². The molecule has 0 atom stereocenters. The van der Waals surface area contributed by atoms with Crippen molar-refractivity contribution in [3.63, 3.8) is 0 Å². The van der Waals surface area contributed by atoms with Crippen LogP contribution < -0.4 is 10.6 Å². The standard InChI is InChI=1S/C23H15NO3/c1-26-22-19-10-8-16-15-6-5-14-4-3-13(12-25)11-20(14)17(15)7-9-18(16)21(19)24-23(22)27-2/h3-11H,1-2H3. The minimum Gasteiger partial charge on any atom is -0.491 e. The summed E-state index contributed by atoms with van der Waals surface area (Å²) in [6.45, 7) is 0. The van der Waals surface area contributed by atoms with E-state index in [4.69, 9.17) is 9.47 Å². The molecule has 0 saturated heterocycles. The normalized spacial score (nSPS) is 13.0. The molecule has 0 spiro atoms. The van der Waals surface area contributed by atoms with Gasteiger partial charge in [-0.05, 0) is 45.1 Å². The van der Waals surface area contributed by atoms with Crippen molar-refractivity contribution in [2.24, 2.45) is 4.99 Å². The van der Waals surface area contributed by atoms with Crippen LogP contribution in [0, 0.1) is 0 Å². The quantitative estimate of drug-likeness (QED) is 0.520. The van der Waals surface area contributed by atoms with Crippen LogP contribution in [-0.4, -0.2) is 20.2 Å². The predicted molar refractivity (Wildman–Crippen MR) is 105 cm³/mol. The predicted octanol–water partition coefficient (Wildman–Crippen LogP) is 3.20. The summed E-state index contributed by atoms with van der Waals surface area (Å²) in [7, 11) is 3.21. The molecule has 0 N–H and O–H groups in total. The average molecular weight is 353 g/mol. The van der Waals surface area contributed by atoms with Crippen molar-refractivity contribution in [2.45, 2.75) is 0 Å². The number of rotatable bonds is 2. The Morgan fingerprint density at radius 3 is 2.22 bits per heavy atom. The van der Waals surface area contributed by atoms with Crippen LogP contribution in [0.1, 0.15) is 5.56 Å². The highest BCUT2D eigenvalue weighted by molar-refractivity contribution is 6.17. The summed E-state index contributed by atoms with van der Waals surface area (Å²) in [5, 5.41) is 7.91. The third-order valence-electron chi connectivity index (χ3n) is 5.15. The largest absolute Gasteiger partial charge is 0.491 e. The fraction of sp³-hybridized carbons (Fsp3) is 0.0870. The van der Waals surface area contributed by atoms with Gasteiger partial charge in [0.05, 0.1) is 24.8 Å². The molecule has 0 amide bonds. The number of hydrogen-bond donors (Lipinski definition) is 0. The summed E-state index contributed by atoms with van der Waals surface area (Å²) in [5.74, 6) is 3.12. The van der Waals surface area contributed by atoms with E-state index in [1.54, 1.807) is 20.3 Å².